The second kappa shape index (κ2) is 38.2. The Kier molecular flexibility index (Phi) is 27.4. The van der Waals surface area contributed by atoms with Crippen LogP contribution in [0.1, 0.15) is 145 Å². The molecule has 4 aliphatic rings. The van der Waals surface area contributed by atoms with Crippen LogP contribution in [0.2, 0.25) is 25.1 Å². The number of H-pyrrole nitrogens is 5. The molecule has 4 saturated heterocycles. The molecule has 4 aliphatic heterocycles. The average molecular weight is 1740 g/mol. The monoisotopic (exact) mass is 1740 g/mol. The summed E-state index contributed by atoms with van der Waals surface area (Å²) in [4.78, 5) is 65.4. The van der Waals surface area contributed by atoms with E-state index in [4.69, 9.17) is 68.5 Å². The van der Waals surface area contributed by atoms with Crippen molar-refractivity contribution in [3.63, 3.8) is 0 Å². The summed E-state index contributed by atoms with van der Waals surface area (Å²) in [5.74, 6) is 0. The fourth-order valence-corrected chi connectivity index (χ4v) is 18.8. The highest BCUT2D eigenvalue weighted by Gasteiger charge is 2.27. The van der Waals surface area contributed by atoms with Crippen LogP contribution in [0.3, 0.4) is 0 Å². The predicted molar refractivity (Wildman–Crippen MR) is 493 cm³/mol. The number of nitrogens with two attached hydrogens (primary N) is 1. The SMILES string of the molecule is COCCc1[nH]nc2c1c(=O)n(CCC1CCCCN1)c1ccc(Cl)cc21.Cc1[nH]nc2c1c(=O)n(CC(C)(C)CN)c1ccc(Cl)cc21.Cc1[nH]nc2c1c(=O)n(CCC1CCCCN1)c1ccc(Cl)cc21.Cc1[nH]nc2c1c(=O)n(CCC1CCCCN1)c1ccc(Cl)cc21.Cc1[nH]nc2c1c(=O)n(CC[C@H]1CCCCN1)c1ccc(Cl)cc21. The van der Waals surface area contributed by atoms with E-state index < -0.39 is 0 Å². The standard InChI is InChI=1S/C20H25ClN4O2.3C18H21ClN4O.C16H19ClN4O/c1-27-11-8-16-18-19(24-23-16)15-12-13(21)5-6-17(15)25(20(18)26)10-7-14-4-2-3-9-22-14;3*1-11-16-17(22-21-11)14-10-12(19)5-6-15(14)23(18(16)24)9-7-13-4-2-3-8-20-13;1-9-13-14(20-19-9)11-6-10(17)4-5-12(11)21(15(13)22)8-16(2,3)7-18/h5-6,12,14,22H,2-4,7-11H2,1H3,(H,23,24);3*5-6,10,13,20H,2-4,7-9H2,1H3,(H,21,22);4-6H,7-8,18H2,1-3H3,(H,19,20)/t;13-;;;/m.1.../s1. The molecule has 0 amide bonds. The van der Waals surface area contributed by atoms with Crippen LogP contribution in [0.4, 0.5) is 0 Å². The molecule has 5 aromatic carbocycles. The molecular weight excluding hydrogens is 1630 g/mol. The molecule has 31 heteroatoms. The minimum absolute atomic E-state index is 0.00971. The summed E-state index contributed by atoms with van der Waals surface area (Å²) in [6.07, 6.45) is 19.2. The van der Waals surface area contributed by atoms with Crippen LogP contribution in [0.25, 0.3) is 109 Å². The third kappa shape index (κ3) is 18.7. The number of halogens is 5. The molecule has 10 aromatic heterocycles. The van der Waals surface area contributed by atoms with Crippen LogP contribution in [0.5, 0.6) is 0 Å². The first-order valence-corrected chi connectivity index (χ1v) is 44.3. The van der Waals surface area contributed by atoms with E-state index in [0.29, 0.717) is 156 Å². The summed E-state index contributed by atoms with van der Waals surface area (Å²) in [7, 11) is 1.66. The van der Waals surface area contributed by atoms with Gasteiger partial charge >= 0.3 is 0 Å². The summed E-state index contributed by atoms with van der Waals surface area (Å²) >= 11 is 30.9. The molecule has 15 aromatic rings. The quantitative estimate of drug-likeness (QED) is 0.0382. The molecule has 19 rings (SSSR count). The van der Waals surface area contributed by atoms with Gasteiger partial charge in [-0.1, -0.05) is 97.5 Å². The Hall–Kier alpha value is -9.29. The van der Waals surface area contributed by atoms with Crippen molar-refractivity contribution in [1.82, 2.24) is 95.1 Å². The molecule has 4 fully saturated rings. The number of hydrogen-bond donors (Lipinski definition) is 10. The van der Waals surface area contributed by atoms with Crippen LogP contribution < -0.4 is 54.8 Å². The Bertz CT molecular complexity index is 6250. The molecule has 4 atom stereocenters. The average Bonchev–Trinajstić information content (AvgIpc) is 1.68. The summed E-state index contributed by atoms with van der Waals surface area (Å²) in [5.41, 5.74) is 17.6. The molecule has 121 heavy (non-hydrogen) atoms. The van der Waals surface area contributed by atoms with Crippen molar-refractivity contribution in [3.8, 4) is 0 Å². The van der Waals surface area contributed by atoms with Crippen LogP contribution in [-0.4, -0.2) is 144 Å². The number of ether oxygens (including phenoxy) is 1. The molecule has 3 unspecified atom stereocenters. The van der Waals surface area contributed by atoms with Gasteiger partial charge in [-0.3, -0.25) is 49.5 Å². The Labute approximate surface area is 723 Å². The third-order valence-corrected chi connectivity index (χ3v) is 25.8. The number of nitrogens with zero attached hydrogens (tertiary/aromatic N) is 10. The molecule has 14 heterocycles. The van der Waals surface area contributed by atoms with Crippen LogP contribution in [0, 0.1) is 33.1 Å². The zero-order chi connectivity index (χ0) is 84.9. The van der Waals surface area contributed by atoms with Crippen molar-refractivity contribution in [2.24, 2.45) is 11.1 Å². The first kappa shape index (κ1) is 86.6. The fourth-order valence-electron chi connectivity index (χ4n) is 18.0. The van der Waals surface area contributed by atoms with E-state index in [1.54, 1.807) is 17.7 Å². The van der Waals surface area contributed by atoms with Crippen molar-refractivity contribution >= 4 is 167 Å². The van der Waals surface area contributed by atoms with Crippen molar-refractivity contribution < 1.29 is 4.74 Å². The maximum Gasteiger partial charge on any atom is 0.262 e. The minimum atomic E-state index is -0.179. The molecule has 0 saturated carbocycles. The number of piperidine rings is 4. The van der Waals surface area contributed by atoms with E-state index >= 15 is 0 Å². The molecule has 26 nitrogen and oxygen atoms in total. The van der Waals surface area contributed by atoms with Gasteiger partial charge in [-0.15, -0.1) is 0 Å². The van der Waals surface area contributed by atoms with E-state index in [2.05, 4.69) is 72.3 Å². The van der Waals surface area contributed by atoms with Crippen LogP contribution >= 0.6 is 58.0 Å². The predicted octanol–water partition coefficient (Wildman–Crippen LogP) is 16.2. The smallest absolute Gasteiger partial charge is 0.262 e. The number of benzene rings is 5. The lowest BCUT2D eigenvalue weighted by Crippen LogP contribution is -2.35. The topological polar surface area (TPSA) is 337 Å². The molecule has 0 spiro atoms. The van der Waals surface area contributed by atoms with E-state index in [-0.39, 0.29) is 33.2 Å². The van der Waals surface area contributed by atoms with Gasteiger partial charge in [0.15, 0.2) is 0 Å². The van der Waals surface area contributed by atoms with Crippen LogP contribution in [-0.2, 0) is 43.9 Å². The van der Waals surface area contributed by atoms with E-state index in [9.17, 15) is 24.0 Å². The van der Waals surface area contributed by atoms with Gasteiger partial charge in [0.05, 0.1) is 66.8 Å². The van der Waals surface area contributed by atoms with Gasteiger partial charge in [-0.05, 0) is 234 Å². The molecule has 0 aliphatic carbocycles. The largest absolute Gasteiger partial charge is 0.384 e. The van der Waals surface area contributed by atoms with Gasteiger partial charge in [0, 0.05) is 145 Å². The Balaban J connectivity index is 0.000000118. The van der Waals surface area contributed by atoms with E-state index in [1.807, 2.05) is 145 Å². The zero-order valence-corrected chi connectivity index (χ0v) is 73.4. The fraction of sp³-hybridized carbons (Fsp3) is 0.444. The first-order chi connectivity index (χ1) is 58.5. The number of aryl methyl sites for hydroxylation is 8. The Morgan fingerprint density at radius 2 is 0.636 bits per heavy atom. The second-order valence-electron chi connectivity index (χ2n) is 33.6. The first-order valence-electron chi connectivity index (χ1n) is 42.5. The summed E-state index contributed by atoms with van der Waals surface area (Å²) in [6, 6.07) is 30.1. The lowest BCUT2D eigenvalue weighted by molar-refractivity contribution is 0.201. The van der Waals surface area contributed by atoms with Gasteiger partial charge in [-0.2, -0.15) is 25.5 Å². The van der Waals surface area contributed by atoms with Crippen molar-refractivity contribution in [2.75, 3.05) is 46.4 Å². The number of methoxy groups -OCH3 is 1. The second-order valence-corrected chi connectivity index (χ2v) is 35.8. The molecular formula is C90H107Cl5N20O6. The van der Waals surface area contributed by atoms with Crippen molar-refractivity contribution in [1.29, 1.82) is 0 Å². The lowest BCUT2D eigenvalue weighted by atomic mass is 9.93. The zero-order valence-electron chi connectivity index (χ0n) is 69.7. The molecule has 0 radical (unpaired) electrons. The number of nitrogens with one attached hydrogen (secondary N) is 9. The molecule has 11 N–H and O–H groups in total. The third-order valence-electron chi connectivity index (χ3n) is 24.6. The highest BCUT2D eigenvalue weighted by Crippen LogP contribution is 2.34. The van der Waals surface area contributed by atoms with Crippen LogP contribution in [0.15, 0.2) is 115 Å². The number of rotatable bonds is 18. The summed E-state index contributed by atoms with van der Waals surface area (Å²) in [5, 5.41) is 61.8. The Morgan fingerprint density at radius 3 is 0.901 bits per heavy atom. The number of pyridine rings is 5. The van der Waals surface area contributed by atoms with Gasteiger partial charge in [0.25, 0.3) is 27.8 Å². The van der Waals surface area contributed by atoms with Crippen molar-refractivity contribution in [2.45, 2.75) is 208 Å². The number of aromatic amines is 5. The Morgan fingerprint density at radius 1 is 0.380 bits per heavy atom. The number of fused-ring (bicyclic) bond motifs is 15. The summed E-state index contributed by atoms with van der Waals surface area (Å²) < 4.78 is 14.5. The van der Waals surface area contributed by atoms with Gasteiger partial charge < -0.3 is 54.6 Å². The number of aromatic nitrogens is 15. The molecule has 0 bridgehead atoms. The molecule has 638 valence electrons. The summed E-state index contributed by atoms with van der Waals surface area (Å²) in [6.45, 7) is 20.3. The normalized spacial score (nSPS) is 17.2. The van der Waals surface area contributed by atoms with Gasteiger partial charge in [0.1, 0.15) is 27.6 Å². The van der Waals surface area contributed by atoms with Crippen molar-refractivity contribution in [3.05, 3.63) is 196 Å². The lowest BCUT2D eigenvalue weighted by Gasteiger charge is -2.24. The minimum Gasteiger partial charge on any atom is -0.384 e. The highest BCUT2D eigenvalue weighted by atomic mass is 35.5. The van der Waals surface area contributed by atoms with E-state index in [0.717, 1.165) is 135 Å². The van der Waals surface area contributed by atoms with E-state index in [1.165, 1.54) is 77.0 Å². The number of hydrogen-bond acceptors (Lipinski definition) is 16. The van der Waals surface area contributed by atoms with Gasteiger partial charge in [-0.25, -0.2) is 0 Å². The van der Waals surface area contributed by atoms with Gasteiger partial charge in [0.2, 0.25) is 0 Å². The maximum atomic E-state index is 13.4. The maximum absolute atomic E-state index is 13.4. The highest BCUT2D eigenvalue weighted by molar-refractivity contribution is 6.33.